The molecule has 8 nitrogen and oxygen atoms in total. The summed E-state index contributed by atoms with van der Waals surface area (Å²) in [6.07, 6.45) is 2.33. The predicted molar refractivity (Wildman–Crippen MR) is 114 cm³/mol. The molecule has 1 heterocycles. The zero-order valence-electron chi connectivity index (χ0n) is 17.0. The van der Waals surface area contributed by atoms with Crippen LogP contribution in [0, 0.1) is 0 Å². The summed E-state index contributed by atoms with van der Waals surface area (Å²) in [6, 6.07) is 17.1. The zero-order valence-corrected chi connectivity index (χ0v) is 17.0. The summed E-state index contributed by atoms with van der Waals surface area (Å²) in [7, 11) is 0. The van der Waals surface area contributed by atoms with Gasteiger partial charge in [-0.2, -0.15) is 4.80 Å². The monoisotopic (exact) mass is 406 g/mol. The van der Waals surface area contributed by atoms with E-state index in [0.29, 0.717) is 38.2 Å². The van der Waals surface area contributed by atoms with Crippen LogP contribution in [-0.4, -0.2) is 32.0 Å². The minimum atomic E-state index is -0.0290. The number of aryl methyl sites for hydroxylation is 1. The molecule has 2 aromatic carbocycles. The molecule has 0 unspecified atom stereocenters. The van der Waals surface area contributed by atoms with E-state index in [1.807, 2.05) is 61.5 Å². The maximum Gasteiger partial charge on any atom is 0.224 e. The van der Waals surface area contributed by atoms with Crippen molar-refractivity contribution in [3.63, 3.8) is 0 Å². The maximum absolute atomic E-state index is 12.1. The summed E-state index contributed by atoms with van der Waals surface area (Å²) in [5, 5.41) is 18.2. The summed E-state index contributed by atoms with van der Waals surface area (Å²) < 4.78 is 0. The van der Waals surface area contributed by atoms with Gasteiger partial charge in [-0.15, -0.1) is 10.2 Å². The summed E-state index contributed by atoms with van der Waals surface area (Å²) in [4.78, 5) is 25.2. The van der Waals surface area contributed by atoms with E-state index in [1.54, 1.807) is 0 Å². The van der Waals surface area contributed by atoms with Crippen molar-refractivity contribution in [1.29, 1.82) is 0 Å². The minimum absolute atomic E-state index is 0.0105. The fourth-order valence-corrected chi connectivity index (χ4v) is 2.87. The quantitative estimate of drug-likeness (QED) is 0.538. The highest BCUT2D eigenvalue weighted by molar-refractivity contribution is 5.90. The van der Waals surface area contributed by atoms with Crippen LogP contribution < -0.4 is 10.6 Å². The molecule has 0 radical (unpaired) electrons. The van der Waals surface area contributed by atoms with Crippen molar-refractivity contribution in [2.24, 2.45) is 0 Å². The number of carbonyl (C=O) groups excluding carboxylic acids is 2. The molecule has 3 aromatic rings. The molecule has 3 rings (SSSR count). The van der Waals surface area contributed by atoms with Crippen LogP contribution in [0.4, 0.5) is 5.69 Å². The third-order valence-electron chi connectivity index (χ3n) is 4.45. The Kier molecular flexibility index (Phi) is 7.65. The molecule has 2 N–H and O–H groups in total. The van der Waals surface area contributed by atoms with E-state index in [4.69, 9.17) is 0 Å². The van der Waals surface area contributed by atoms with Gasteiger partial charge >= 0.3 is 0 Å². The van der Waals surface area contributed by atoms with Gasteiger partial charge in [-0.3, -0.25) is 9.59 Å². The molecule has 0 saturated carbocycles. The first-order valence-electron chi connectivity index (χ1n) is 10.1. The third kappa shape index (κ3) is 6.51. The van der Waals surface area contributed by atoms with Gasteiger partial charge in [0.05, 0.1) is 6.54 Å². The van der Waals surface area contributed by atoms with Crippen molar-refractivity contribution in [2.75, 3.05) is 5.32 Å². The number of benzene rings is 2. The van der Waals surface area contributed by atoms with Gasteiger partial charge in [0.15, 0.2) is 0 Å². The van der Waals surface area contributed by atoms with Crippen LogP contribution in [-0.2, 0) is 22.7 Å². The van der Waals surface area contributed by atoms with Gasteiger partial charge in [0.1, 0.15) is 0 Å². The van der Waals surface area contributed by atoms with Gasteiger partial charge in [0, 0.05) is 30.6 Å². The normalized spacial score (nSPS) is 10.6. The summed E-state index contributed by atoms with van der Waals surface area (Å²) in [5.74, 6) is 0.560. The fourth-order valence-electron chi connectivity index (χ4n) is 2.87. The Balaban J connectivity index is 1.37. The van der Waals surface area contributed by atoms with Crippen LogP contribution in [0.25, 0.3) is 11.4 Å². The van der Waals surface area contributed by atoms with Crippen molar-refractivity contribution in [3.05, 3.63) is 60.2 Å². The average molecular weight is 406 g/mol. The highest BCUT2D eigenvalue weighted by Crippen LogP contribution is 2.12. The van der Waals surface area contributed by atoms with Gasteiger partial charge in [0.2, 0.25) is 17.6 Å². The first-order valence-corrected chi connectivity index (χ1v) is 10.1. The second-order valence-electron chi connectivity index (χ2n) is 6.95. The minimum Gasteiger partial charge on any atom is -0.352 e. The summed E-state index contributed by atoms with van der Waals surface area (Å²) >= 11 is 0. The number of rotatable bonds is 10. The lowest BCUT2D eigenvalue weighted by atomic mass is 10.2. The number of nitrogens with zero attached hydrogens (tertiary/aromatic N) is 4. The standard InChI is InChI=1S/C22H26N6O2/c1-2-7-21(30)24-19-13-11-17(12-14-19)16-23-20(29)10-6-15-28-26-22(25-27-28)18-8-4-3-5-9-18/h3-5,8-9,11-14H,2,6-7,10,15-16H2,1H3,(H,23,29)(H,24,30). The highest BCUT2D eigenvalue weighted by Gasteiger charge is 2.07. The Hall–Kier alpha value is -3.55. The van der Waals surface area contributed by atoms with E-state index in [1.165, 1.54) is 4.80 Å². The highest BCUT2D eigenvalue weighted by atomic mass is 16.2. The molecule has 0 aliphatic heterocycles. The number of hydrogen-bond acceptors (Lipinski definition) is 5. The molecule has 2 amide bonds. The van der Waals surface area contributed by atoms with Crippen molar-refractivity contribution in [3.8, 4) is 11.4 Å². The molecule has 30 heavy (non-hydrogen) atoms. The number of amides is 2. The van der Waals surface area contributed by atoms with Crippen LogP contribution in [0.2, 0.25) is 0 Å². The Bertz CT molecular complexity index is 953. The second kappa shape index (κ2) is 10.8. The average Bonchev–Trinajstić information content (AvgIpc) is 3.23. The molecule has 0 spiro atoms. The summed E-state index contributed by atoms with van der Waals surface area (Å²) in [6.45, 7) is 2.94. The number of tetrazole rings is 1. The Morgan fingerprint density at radius 3 is 2.47 bits per heavy atom. The van der Waals surface area contributed by atoms with Crippen LogP contribution in [0.5, 0.6) is 0 Å². The lowest BCUT2D eigenvalue weighted by Gasteiger charge is -2.07. The molecule has 1 aromatic heterocycles. The number of nitrogens with one attached hydrogen (secondary N) is 2. The molecular weight excluding hydrogens is 380 g/mol. The van der Waals surface area contributed by atoms with Crippen molar-refractivity contribution in [1.82, 2.24) is 25.5 Å². The van der Waals surface area contributed by atoms with E-state index in [2.05, 4.69) is 26.0 Å². The van der Waals surface area contributed by atoms with Crippen molar-refractivity contribution >= 4 is 17.5 Å². The Morgan fingerprint density at radius 1 is 0.967 bits per heavy atom. The van der Waals surface area contributed by atoms with Crippen LogP contribution >= 0.6 is 0 Å². The van der Waals surface area contributed by atoms with Gasteiger partial charge < -0.3 is 10.6 Å². The number of carbonyl (C=O) groups is 2. The SMILES string of the molecule is CCCC(=O)Nc1ccc(CNC(=O)CCCn2nnc(-c3ccccc3)n2)cc1. The zero-order chi connectivity index (χ0) is 21.2. The third-order valence-corrected chi connectivity index (χ3v) is 4.45. The van der Waals surface area contributed by atoms with E-state index < -0.39 is 0 Å². The van der Waals surface area contributed by atoms with Crippen molar-refractivity contribution in [2.45, 2.75) is 45.7 Å². The topological polar surface area (TPSA) is 102 Å². The summed E-state index contributed by atoms with van der Waals surface area (Å²) in [5.41, 5.74) is 2.65. The van der Waals surface area contributed by atoms with Gasteiger partial charge in [0.25, 0.3) is 0 Å². The predicted octanol–water partition coefficient (Wildman–Crippen LogP) is 3.18. The Morgan fingerprint density at radius 2 is 1.73 bits per heavy atom. The number of anilines is 1. The molecule has 0 aliphatic rings. The lowest BCUT2D eigenvalue weighted by molar-refractivity contribution is -0.121. The van der Waals surface area contributed by atoms with Crippen LogP contribution in [0.1, 0.15) is 38.2 Å². The first-order chi connectivity index (χ1) is 14.6. The van der Waals surface area contributed by atoms with Crippen LogP contribution in [0.15, 0.2) is 54.6 Å². The van der Waals surface area contributed by atoms with Crippen LogP contribution in [0.3, 0.4) is 0 Å². The molecule has 0 aliphatic carbocycles. The van der Waals surface area contributed by atoms with Crippen molar-refractivity contribution < 1.29 is 9.59 Å². The Labute approximate surface area is 175 Å². The molecule has 156 valence electrons. The van der Waals surface area contributed by atoms with E-state index in [0.717, 1.165) is 23.2 Å². The van der Waals surface area contributed by atoms with Gasteiger partial charge in [-0.05, 0) is 35.8 Å². The lowest BCUT2D eigenvalue weighted by Crippen LogP contribution is -2.23. The van der Waals surface area contributed by atoms with Gasteiger partial charge in [-0.25, -0.2) is 0 Å². The van der Waals surface area contributed by atoms with Gasteiger partial charge in [-0.1, -0.05) is 49.4 Å². The first kappa shape index (κ1) is 21.2. The van der Waals surface area contributed by atoms with E-state index in [9.17, 15) is 9.59 Å². The molecule has 0 bridgehead atoms. The molecule has 0 fully saturated rings. The second-order valence-corrected chi connectivity index (χ2v) is 6.95. The molecular formula is C22H26N6O2. The van der Waals surface area contributed by atoms with E-state index in [-0.39, 0.29) is 11.8 Å². The fraction of sp³-hybridized carbons (Fsp3) is 0.318. The number of aromatic nitrogens is 4. The largest absolute Gasteiger partial charge is 0.352 e. The number of hydrogen-bond donors (Lipinski definition) is 2. The maximum atomic E-state index is 12.1. The smallest absolute Gasteiger partial charge is 0.224 e. The van der Waals surface area contributed by atoms with E-state index >= 15 is 0 Å². The molecule has 0 saturated heterocycles. The molecule has 0 atom stereocenters. The molecule has 8 heteroatoms.